The quantitative estimate of drug-likeness (QED) is 0.501. The summed E-state index contributed by atoms with van der Waals surface area (Å²) in [5, 5.41) is 14.0. The van der Waals surface area contributed by atoms with E-state index >= 15 is 0 Å². The highest BCUT2D eigenvalue weighted by Gasteiger charge is 2.20. The smallest absolute Gasteiger partial charge is 0.239 e. The van der Waals surface area contributed by atoms with Crippen molar-refractivity contribution in [2.75, 3.05) is 10.7 Å². The summed E-state index contributed by atoms with van der Waals surface area (Å²) in [5.41, 5.74) is 3.36. The van der Waals surface area contributed by atoms with Crippen LogP contribution < -0.4 is 16.6 Å². The Labute approximate surface area is 117 Å². The number of para-hydroxylation sites is 1. The molecule has 1 aliphatic carbocycles. The maximum Gasteiger partial charge on any atom is 0.239 e. The van der Waals surface area contributed by atoms with E-state index in [1.54, 1.807) is 0 Å². The summed E-state index contributed by atoms with van der Waals surface area (Å²) in [6, 6.07) is 8.18. The number of aromatic nitrogens is 2. The van der Waals surface area contributed by atoms with Gasteiger partial charge in [0.05, 0.1) is 11.6 Å². The zero-order valence-electron chi connectivity index (χ0n) is 11.2. The minimum absolute atomic E-state index is 0.156. The van der Waals surface area contributed by atoms with Crippen molar-refractivity contribution in [3.05, 3.63) is 24.3 Å². The summed E-state index contributed by atoms with van der Waals surface area (Å²) >= 11 is 0. The van der Waals surface area contributed by atoms with E-state index in [2.05, 4.69) is 20.7 Å². The highest BCUT2D eigenvalue weighted by atomic mass is 16.3. The van der Waals surface area contributed by atoms with Crippen LogP contribution in [-0.2, 0) is 0 Å². The number of fused-ring (bicyclic) bond motifs is 1. The average Bonchev–Trinajstić information content (AvgIpc) is 2.49. The molecule has 0 unspecified atom stereocenters. The molecule has 1 saturated carbocycles. The van der Waals surface area contributed by atoms with Crippen LogP contribution in [0, 0.1) is 0 Å². The molecule has 1 aromatic heterocycles. The molecule has 0 bridgehead atoms. The van der Waals surface area contributed by atoms with Gasteiger partial charge in [0.15, 0.2) is 0 Å². The number of nitrogens with zero attached hydrogens (tertiary/aromatic N) is 2. The first-order chi connectivity index (χ1) is 9.76. The van der Waals surface area contributed by atoms with Gasteiger partial charge in [-0.1, -0.05) is 12.1 Å². The molecule has 1 aromatic carbocycles. The lowest BCUT2D eigenvalue weighted by molar-refractivity contribution is 0.126. The maximum atomic E-state index is 9.57. The molecule has 20 heavy (non-hydrogen) atoms. The summed E-state index contributed by atoms with van der Waals surface area (Å²) in [6.45, 7) is 0. The maximum absolute atomic E-state index is 9.57. The van der Waals surface area contributed by atoms with E-state index in [-0.39, 0.29) is 6.10 Å². The first-order valence-corrected chi connectivity index (χ1v) is 6.94. The molecule has 6 nitrogen and oxygen atoms in total. The zero-order valence-corrected chi connectivity index (χ0v) is 11.2. The van der Waals surface area contributed by atoms with Crippen molar-refractivity contribution in [2.24, 2.45) is 5.84 Å². The van der Waals surface area contributed by atoms with Gasteiger partial charge in [-0.3, -0.25) is 5.43 Å². The Morgan fingerprint density at radius 3 is 2.60 bits per heavy atom. The Morgan fingerprint density at radius 2 is 1.85 bits per heavy atom. The van der Waals surface area contributed by atoms with Gasteiger partial charge in [0.1, 0.15) is 5.82 Å². The van der Waals surface area contributed by atoms with E-state index in [0.29, 0.717) is 12.0 Å². The summed E-state index contributed by atoms with van der Waals surface area (Å²) < 4.78 is 0. The lowest BCUT2D eigenvalue weighted by Gasteiger charge is -2.27. The second-order valence-corrected chi connectivity index (χ2v) is 5.21. The molecule has 0 radical (unpaired) electrons. The normalized spacial score (nSPS) is 22.7. The lowest BCUT2D eigenvalue weighted by Crippen LogP contribution is -2.28. The van der Waals surface area contributed by atoms with Crippen LogP contribution in [0.3, 0.4) is 0 Å². The number of nitrogens with two attached hydrogens (primary N) is 1. The molecule has 1 aliphatic rings. The van der Waals surface area contributed by atoms with Crippen molar-refractivity contribution < 1.29 is 5.11 Å². The molecule has 2 aromatic rings. The van der Waals surface area contributed by atoms with Gasteiger partial charge in [-0.2, -0.15) is 4.98 Å². The third kappa shape index (κ3) is 2.66. The number of benzene rings is 1. The Kier molecular flexibility index (Phi) is 3.66. The highest BCUT2D eigenvalue weighted by molar-refractivity contribution is 5.90. The molecule has 0 atom stereocenters. The Balaban J connectivity index is 1.89. The molecule has 106 valence electrons. The van der Waals surface area contributed by atoms with Crippen LogP contribution in [0.4, 0.5) is 11.8 Å². The number of aliphatic hydroxyl groups excluding tert-OH is 1. The second-order valence-electron chi connectivity index (χ2n) is 5.21. The molecule has 0 aliphatic heterocycles. The van der Waals surface area contributed by atoms with Crippen LogP contribution in [0.25, 0.3) is 10.9 Å². The van der Waals surface area contributed by atoms with Gasteiger partial charge in [-0.15, -0.1) is 0 Å². The predicted molar refractivity (Wildman–Crippen MR) is 79.2 cm³/mol. The van der Waals surface area contributed by atoms with Crippen molar-refractivity contribution in [2.45, 2.75) is 37.8 Å². The largest absolute Gasteiger partial charge is 0.393 e. The van der Waals surface area contributed by atoms with Crippen molar-refractivity contribution in [1.82, 2.24) is 9.97 Å². The Morgan fingerprint density at radius 1 is 1.10 bits per heavy atom. The Hall–Kier alpha value is -1.92. The SMILES string of the molecule is NNc1nc(NC2CCC(O)CC2)c2ccccc2n1. The standard InChI is InChI=1S/C14H19N5O/c15-19-14-17-12-4-2-1-3-11(12)13(18-14)16-9-5-7-10(20)8-6-9/h1-4,9-10,20H,5-8,15H2,(H2,16,17,18,19). The molecule has 5 N–H and O–H groups in total. The molecular formula is C14H19N5O. The van der Waals surface area contributed by atoms with Crippen LogP contribution in [0.15, 0.2) is 24.3 Å². The van der Waals surface area contributed by atoms with Crippen molar-refractivity contribution in [3.63, 3.8) is 0 Å². The number of rotatable bonds is 3. The van der Waals surface area contributed by atoms with E-state index in [1.165, 1.54) is 0 Å². The number of anilines is 2. The monoisotopic (exact) mass is 273 g/mol. The van der Waals surface area contributed by atoms with Crippen LogP contribution in [-0.4, -0.2) is 27.2 Å². The van der Waals surface area contributed by atoms with Gasteiger partial charge >= 0.3 is 0 Å². The number of hydrogen-bond donors (Lipinski definition) is 4. The molecule has 0 amide bonds. The minimum Gasteiger partial charge on any atom is -0.393 e. The Bertz CT molecular complexity index is 595. The van der Waals surface area contributed by atoms with Crippen molar-refractivity contribution >= 4 is 22.7 Å². The predicted octanol–water partition coefficient (Wildman–Crippen LogP) is 1.63. The van der Waals surface area contributed by atoms with Gasteiger partial charge in [0.25, 0.3) is 0 Å². The van der Waals surface area contributed by atoms with Crippen molar-refractivity contribution in [1.29, 1.82) is 0 Å². The summed E-state index contributed by atoms with van der Waals surface area (Å²) in [6.07, 6.45) is 3.41. The molecule has 1 heterocycles. The molecule has 0 saturated heterocycles. The fourth-order valence-electron chi connectivity index (χ4n) is 2.66. The number of hydrogen-bond acceptors (Lipinski definition) is 6. The van der Waals surface area contributed by atoms with Gasteiger partial charge in [-0.25, -0.2) is 10.8 Å². The van der Waals surface area contributed by atoms with Crippen LogP contribution >= 0.6 is 0 Å². The van der Waals surface area contributed by atoms with E-state index in [1.807, 2.05) is 24.3 Å². The van der Waals surface area contributed by atoms with Crippen molar-refractivity contribution in [3.8, 4) is 0 Å². The fourth-order valence-corrected chi connectivity index (χ4v) is 2.66. The number of nitrogens with one attached hydrogen (secondary N) is 2. The summed E-state index contributed by atoms with van der Waals surface area (Å²) in [4.78, 5) is 8.74. The molecule has 3 rings (SSSR count). The minimum atomic E-state index is -0.156. The van der Waals surface area contributed by atoms with E-state index in [9.17, 15) is 5.11 Å². The second kappa shape index (κ2) is 5.60. The summed E-state index contributed by atoms with van der Waals surface area (Å²) in [5.74, 6) is 6.63. The zero-order chi connectivity index (χ0) is 13.9. The van der Waals surface area contributed by atoms with E-state index in [4.69, 9.17) is 5.84 Å². The fraction of sp³-hybridized carbons (Fsp3) is 0.429. The van der Waals surface area contributed by atoms with Crippen LogP contribution in [0.5, 0.6) is 0 Å². The number of aliphatic hydroxyl groups is 1. The molecule has 1 fully saturated rings. The third-order valence-corrected chi connectivity index (χ3v) is 3.77. The third-order valence-electron chi connectivity index (χ3n) is 3.77. The number of hydrazine groups is 1. The summed E-state index contributed by atoms with van der Waals surface area (Å²) in [7, 11) is 0. The average molecular weight is 273 g/mol. The van der Waals surface area contributed by atoms with Gasteiger partial charge in [-0.05, 0) is 37.8 Å². The first-order valence-electron chi connectivity index (χ1n) is 6.94. The molecular weight excluding hydrogens is 254 g/mol. The van der Waals surface area contributed by atoms with E-state index in [0.717, 1.165) is 42.4 Å². The topological polar surface area (TPSA) is 96.1 Å². The molecule has 6 heteroatoms. The van der Waals surface area contributed by atoms with Gasteiger partial charge < -0.3 is 10.4 Å². The number of nitrogen functional groups attached to an aromatic ring is 1. The highest BCUT2D eigenvalue weighted by Crippen LogP contribution is 2.26. The van der Waals surface area contributed by atoms with Crippen LogP contribution in [0.1, 0.15) is 25.7 Å². The van der Waals surface area contributed by atoms with Crippen LogP contribution in [0.2, 0.25) is 0 Å². The lowest BCUT2D eigenvalue weighted by atomic mass is 9.93. The van der Waals surface area contributed by atoms with Gasteiger partial charge in [0, 0.05) is 11.4 Å². The van der Waals surface area contributed by atoms with Gasteiger partial charge in [0.2, 0.25) is 5.95 Å². The molecule has 0 spiro atoms. The first kappa shape index (κ1) is 13.1. The van der Waals surface area contributed by atoms with E-state index < -0.39 is 0 Å².